The molecule has 1 fully saturated rings. The number of carbonyl (C=O) groups is 1. The third-order valence-electron chi connectivity index (χ3n) is 6.11. The summed E-state index contributed by atoms with van der Waals surface area (Å²) in [7, 11) is 0. The van der Waals surface area contributed by atoms with Gasteiger partial charge in [0.1, 0.15) is 17.2 Å². The summed E-state index contributed by atoms with van der Waals surface area (Å²) in [6.45, 7) is 0. The van der Waals surface area contributed by atoms with Crippen LogP contribution in [-0.2, 0) is 0 Å². The third kappa shape index (κ3) is 4.44. The van der Waals surface area contributed by atoms with E-state index in [1.165, 1.54) is 12.1 Å². The number of imidazole rings is 1. The number of hydrogen-bond acceptors (Lipinski definition) is 6. The van der Waals surface area contributed by atoms with E-state index in [9.17, 15) is 14.3 Å². The lowest BCUT2D eigenvalue weighted by molar-refractivity contribution is 0.0610. The maximum Gasteiger partial charge on any atom is 0.248 e. The molecule has 2 aromatic carbocycles. The highest BCUT2D eigenvalue weighted by molar-refractivity contribution is 5.93. The minimum atomic E-state index is -1.07. The van der Waals surface area contributed by atoms with Crippen molar-refractivity contribution >= 4 is 22.9 Å². The number of aliphatic hydroxyl groups is 1. The number of aromatic nitrogens is 4. The Labute approximate surface area is 200 Å². The number of primary amides is 1. The number of hydrogen-bond donors (Lipinski definition) is 3. The van der Waals surface area contributed by atoms with Crippen LogP contribution in [0.3, 0.4) is 0 Å². The van der Waals surface area contributed by atoms with Crippen LogP contribution in [0.25, 0.3) is 28.2 Å². The van der Waals surface area contributed by atoms with Crippen LogP contribution < -0.4 is 11.5 Å². The number of nitrogens with two attached hydrogens (primary N) is 2. The smallest absolute Gasteiger partial charge is 0.248 e. The van der Waals surface area contributed by atoms with Gasteiger partial charge in [-0.2, -0.15) is 0 Å². The first-order valence-electron chi connectivity index (χ1n) is 11.3. The van der Waals surface area contributed by atoms with Crippen molar-refractivity contribution in [2.24, 2.45) is 5.73 Å². The van der Waals surface area contributed by atoms with Crippen molar-refractivity contribution < 1.29 is 14.3 Å². The van der Waals surface area contributed by atoms with E-state index in [1.807, 2.05) is 0 Å². The molecule has 0 radical (unpaired) electrons. The minimum Gasteiger partial charge on any atom is -0.382 e. The van der Waals surface area contributed by atoms with E-state index < -0.39 is 17.3 Å². The molecule has 9 heteroatoms. The maximum absolute atomic E-state index is 14.1. The monoisotopic (exact) mass is 470 g/mol. The average Bonchev–Trinajstić information content (AvgIpc) is 3.23. The number of fused-ring (bicyclic) bond motifs is 1. The predicted molar refractivity (Wildman–Crippen MR) is 130 cm³/mol. The highest BCUT2D eigenvalue weighted by atomic mass is 19.1. The van der Waals surface area contributed by atoms with Crippen molar-refractivity contribution in [1.29, 1.82) is 0 Å². The molecule has 5 N–H and O–H groups in total. The van der Waals surface area contributed by atoms with Gasteiger partial charge < -0.3 is 16.6 Å². The molecule has 4 aromatic rings. The number of carbonyl (C=O) groups excluding carboxylic acids is 1. The molecule has 0 aliphatic heterocycles. The summed E-state index contributed by atoms with van der Waals surface area (Å²) in [5.74, 6) is 5.49. The second-order valence-corrected chi connectivity index (χ2v) is 8.64. The lowest BCUT2D eigenvalue weighted by atomic mass is 9.85. The number of halogens is 1. The van der Waals surface area contributed by atoms with Gasteiger partial charge in [0.05, 0.1) is 0 Å². The van der Waals surface area contributed by atoms with Gasteiger partial charge in [0.25, 0.3) is 0 Å². The molecule has 0 unspecified atom stereocenters. The molecule has 35 heavy (non-hydrogen) atoms. The summed E-state index contributed by atoms with van der Waals surface area (Å²) in [5.41, 5.74) is 12.7. The van der Waals surface area contributed by atoms with E-state index in [4.69, 9.17) is 11.5 Å². The van der Waals surface area contributed by atoms with Crippen LogP contribution in [0, 0.1) is 17.7 Å². The zero-order chi connectivity index (χ0) is 24.6. The van der Waals surface area contributed by atoms with Gasteiger partial charge in [-0.05, 0) is 68.0 Å². The van der Waals surface area contributed by atoms with Crippen molar-refractivity contribution in [2.75, 3.05) is 5.73 Å². The molecular formula is C26H23FN6O2. The Hall–Kier alpha value is -4.29. The second kappa shape index (κ2) is 8.81. The van der Waals surface area contributed by atoms with E-state index in [1.54, 1.807) is 41.0 Å². The molecule has 1 aliphatic carbocycles. The molecular weight excluding hydrogens is 447 g/mol. The van der Waals surface area contributed by atoms with Gasteiger partial charge in [-0.15, -0.1) is 0 Å². The third-order valence-corrected chi connectivity index (χ3v) is 6.11. The summed E-state index contributed by atoms with van der Waals surface area (Å²) in [5, 5.41) is 10.7. The molecule has 0 saturated heterocycles. The maximum atomic E-state index is 14.1. The van der Waals surface area contributed by atoms with Crippen molar-refractivity contribution in [3.05, 3.63) is 65.7 Å². The number of rotatable bonds is 3. The molecule has 1 saturated carbocycles. The van der Waals surface area contributed by atoms with Crippen LogP contribution in [-0.4, -0.2) is 36.1 Å². The standard InChI is InChI=1S/C26H23FN6O2/c27-18-6-4-5-17(15-18)24-32-21-22(28)30-20(11-14-26(35)12-2-1-3-13-26)31-25(21)33(24)19-9-7-16(8-10-19)23(29)34/h4-10,15,35H,1-3,12-13H2,(H2,29,34)(H2,28,30,31). The van der Waals surface area contributed by atoms with Crippen molar-refractivity contribution in [1.82, 2.24) is 19.5 Å². The summed E-state index contributed by atoms with van der Waals surface area (Å²) >= 11 is 0. The number of anilines is 1. The quantitative estimate of drug-likeness (QED) is 0.393. The molecule has 0 spiro atoms. The van der Waals surface area contributed by atoms with E-state index in [0.29, 0.717) is 46.6 Å². The number of amides is 1. The molecule has 8 nitrogen and oxygen atoms in total. The molecule has 0 atom stereocenters. The lowest BCUT2D eigenvalue weighted by Gasteiger charge is -2.26. The van der Waals surface area contributed by atoms with Crippen LogP contribution in [0.2, 0.25) is 0 Å². The van der Waals surface area contributed by atoms with Gasteiger partial charge in [-0.1, -0.05) is 24.5 Å². The molecule has 2 heterocycles. The van der Waals surface area contributed by atoms with Crippen LogP contribution >= 0.6 is 0 Å². The molecule has 1 aliphatic rings. The first-order chi connectivity index (χ1) is 16.8. The Morgan fingerprint density at radius 3 is 2.49 bits per heavy atom. The van der Waals surface area contributed by atoms with Gasteiger partial charge in [-0.25, -0.2) is 19.3 Å². The Balaban J connectivity index is 1.70. The predicted octanol–water partition coefficient (Wildman–Crippen LogP) is 3.35. The minimum absolute atomic E-state index is 0.111. The first-order valence-corrected chi connectivity index (χ1v) is 11.3. The summed E-state index contributed by atoms with van der Waals surface area (Å²) < 4.78 is 15.8. The lowest BCUT2D eigenvalue weighted by Crippen LogP contribution is -2.29. The fourth-order valence-electron chi connectivity index (χ4n) is 4.31. The molecule has 176 valence electrons. The van der Waals surface area contributed by atoms with Crippen molar-refractivity contribution in [2.45, 2.75) is 37.7 Å². The van der Waals surface area contributed by atoms with E-state index in [-0.39, 0.29) is 11.6 Å². The fraction of sp³-hybridized carbons (Fsp3) is 0.231. The van der Waals surface area contributed by atoms with Crippen molar-refractivity contribution in [3.63, 3.8) is 0 Å². The molecule has 1 amide bonds. The van der Waals surface area contributed by atoms with E-state index >= 15 is 0 Å². The average molecular weight is 471 g/mol. The van der Waals surface area contributed by atoms with Gasteiger partial charge >= 0.3 is 0 Å². The highest BCUT2D eigenvalue weighted by Crippen LogP contribution is 2.31. The first kappa shape index (κ1) is 22.5. The van der Waals surface area contributed by atoms with Crippen LogP contribution in [0.4, 0.5) is 10.2 Å². The zero-order valence-electron chi connectivity index (χ0n) is 18.8. The Bertz CT molecular complexity index is 1490. The number of nitrogen functional groups attached to an aromatic ring is 1. The Kier molecular flexibility index (Phi) is 5.67. The largest absolute Gasteiger partial charge is 0.382 e. The number of nitrogens with zero attached hydrogens (tertiary/aromatic N) is 4. The topological polar surface area (TPSA) is 133 Å². The summed E-state index contributed by atoms with van der Waals surface area (Å²) in [6.07, 6.45) is 4.11. The normalized spacial score (nSPS) is 14.9. The van der Waals surface area contributed by atoms with E-state index in [2.05, 4.69) is 26.8 Å². The van der Waals surface area contributed by atoms with Crippen LogP contribution in [0.5, 0.6) is 0 Å². The van der Waals surface area contributed by atoms with Gasteiger partial charge in [0.15, 0.2) is 17.0 Å². The highest BCUT2D eigenvalue weighted by Gasteiger charge is 2.27. The molecule has 0 bridgehead atoms. The Morgan fingerprint density at radius 2 is 1.80 bits per heavy atom. The van der Waals surface area contributed by atoms with Gasteiger partial charge in [0, 0.05) is 16.8 Å². The van der Waals surface area contributed by atoms with Crippen LogP contribution in [0.15, 0.2) is 48.5 Å². The SMILES string of the molecule is NC(=O)c1ccc(-n2c(-c3cccc(F)c3)nc3c(N)nc(C#CC4(O)CCCCC4)nc32)cc1. The second-order valence-electron chi connectivity index (χ2n) is 8.64. The molecule has 5 rings (SSSR count). The number of benzene rings is 2. The zero-order valence-corrected chi connectivity index (χ0v) is 18.8. The summed E-state index contributed by atoms with van der Waals surface area (Å²) in [6, 6.07) is 12.6. The van der Waals surface area contributed by atoms with Gasteiger partial charge in [-0.3, -0.25) is 9.36 Å². The van der Waals surface area contributed by atoms with Crippen molar-refractivity contribution in [3.8, 4) is 28.9 Å². The summed E-state index contributed by atoms with van der Waals surface area (Å²) in [4.78, 5) is 25.0. The van der Waals surface area contributed by atoms with Gasteiger partial charge in [0.2, 0.25) is 11.7 Å². The van der Waals surface area contributed by atoms with Crippen LogP contribution in [0.1, 0.15) is 48.3 Å². The molecule has 2 aromatic heterocycles. The van der Waals surface area contributed by atoms with E-state index in [0.717, 1.165) is 19.3 Å². The Morgan fingerprint density at radius 1 is 1.06 bits per heavy atom. The fourth-order valence-corrected chi connectivity index (χ4v) is 4.31.